The largest absolute Gasteiger partial charge is 0.481 e. The van der Waals surface area contributed by atoms with Crippen LogP contribution < -0.4 is 0 Å². The highest BCUT2D eigenvalue weighted by atomic mass is 79.9. The molecule has 0 aliphatic rings. The summed E-state index contributed by atoms with van der Waals surface area (Å²) in [5.74, 6) is -1.49. The Morgan fingerprint density at radius 3 is 2.31 bits per heavy atom. The minimum Gasteiger partial charge on any atom is -0.481 e. The zero-order chi connectivity index (χ0) is 10.5. The van der Waals surface area contributed by atoms with Crippen LogP contribution in [0.4, 0.5) is 0 Å². The van der Waals surface area contributed by atoms with Gasteiger partial charge in [0, 0.05) is 11.8 Å². The lowest BCUT2D eigenvalue weighted by atomic mass is 10.0. The Morgan fingerprint density at radius 1 is 1.46 bits per heavy atom. The van der Waals surface area contributed by atoms with Crippen LogP contribution >= 0.6 is 50.7 Å². The monoisotopic (exact) mass is 310 g/mol. The van der Waals surface area contributed by atoms with Crippen LogP contribution in [0.3, 0.4) is 0 Å². The molecule has 78 valence electrons. The van der Waals surface area contributed by atoms with Crippen molar-refractivity contribution in [3.8, 4) is 0 Å². The fraction of sp³-hybridized carbons (Fsp3) is 0.857. The lowest BCUT2D eigenvalue weighted by Gasteiger charge is -2.16. The smallest absolute Gasteiger partial charge is 0.306 e. The molecule has 1 atom stereocenters. The van der Waals surface area contributed by atoms with Gasteiger partial charge in [0.15, 0.2) is 3.79 Å². The van der Waals surface area contributed by atoms with Gasteiger partial charge in [-0.1, -0.05) is 50.7 Å². The third-order valence-electron chi connectivity index (χ3n) is 1.51. The number of alkyl halides is 4. The van der Waals surface area contributed by atoms with Crippen molar-refractivity contribution in [2.45, 2.75) is 23.1 Å². The second-order valence-electron chi connectivity index (χ2n) is 2.69. The molecular weight excluding hydrogens is 302 g/mol. The summed E-state index contributed by atoms with van der Waals surface area (Å²) >= 11 is 19.7. The average Bonchev–Trinajstić information content (AvgIpc) is 1.95. The number of rotatable bonds is 5. The number of carbonyl (C=O) groups is 1. The van der Waals surface area contributed by atoms with Crippen LogP contribution in [0, 0.1) is 5.92 Å². The van der Waals surface area contributed by atoms with E-state index in [1.165, 1.54) is 0 Å². The van der Waals surface area contributed by atoms with E-state index in [2.05, 4.69) is 15.9 Å². The maximum absolute atomic E-state index is 10.7. The summed E-state index contributed by atoms with van der Waals surface area (Å²) in [7, 11) is 0. The van der Waals surface area contributed by atoms with Crippen molar-refractivity contribution in [1.82, 2.24) is 0 Å². The number of hydrogen-bond acceptors (Lipinski definition) is 1. The lowest BCUT2D eigenvalue weighted by molar-refractivity contribution is -0.142. The van der Waals surface area contributed by atoms with Gasteiger partial charge in [-0.05, 0) is 12.8 Å². The van der Waals surface area contributed by atoms with Gasteiger partial charge in [-0.3, -0.25) is 4.79 Å². The van der Waals surface area contributed by atoms with Crippen LogP contribution in [0.25, 0.3) is 0 Å². The third-order valence-corrected chi connectivity index (χ3v) is 2.54. The predicted octanol–water partition coefficient (Wildman–Crippen LogP) is 3.62. The molecule has 0 rings (SSSR count). The molecule has 1 unspecified atom stereocenters. The molecule has 0 aromatic rings. The highest BCUT2D eigenvalue weighted by Crippen LogP contribution is 2.35. The van der Waals surface area contributed by atoms with E-state index in [1.54, 1.807) is 0 Å². The summed E-state index contributed by atoms with van der Waals surface area (Å²) in [6, 6.07) is 0. The molecule has 0 heterocycles. The summed E-state index contributed by atoms with van der Waals surface area (Å²) in [5, 5.41) is 9.53. The minimum absolute atomic E-state index is 0.0556. The SMILES string of the molecule is O=C(O)C(CCCBr)CC(Cl)(Cl)Cl. The molecule has 13 heavy (non-hydrogen) atoms. The molecule has 0 aliphatic heterocycles. The van der Waals surface area contributed by atoms with Crippen molar-refractivity contribution in [3.05, 3.63) is 0 Å². The fourth-order valence-electron chi connectivity index (χ4n) is 0.916. The van der Waals surface area contributed by atoms with Gasteiger partial charge in [-0.2, -0.15) is 0 Å². The van der Waals surface area contributed by atoms with Gasteiger partial charge >= 0.3 is 5.97 Å². The Balaban J connectivity index is 4.03. The van der Waals surface area contributed by atoms with E-state index in [-0.39, 0.29) is 6.42 Å². The quantitative estimate of drug-likeness (QED) is 0.787. The van der Waals surface area contributed by atoms with Crippen molar-refractivity contribution < 1.29 is 9.90 Å². The topological polar surface area (TPSA) is 37.3 Å². The van der Waals surface area contributed by atoms with Gasteiger partial charge < -0.3 is 5.11 Å². The fourth-order valence-corrected chi connectivity index (χ4v) is 1.80. The Kier molecular flexibility index (Phi) is 6.73. The van der Waals surface area contributed by atoms with Crippen molar-refractivity contribution in [3.63, 3.8) is 0 Å². The van der Waals surface area contributed by atoms with E-state index in [1.807, 2.05) is 0 Å². The molecule has 0 spiro atoms. The maximum atomic E-state index is 10.7. The van der Waals surface area contributed by atoms with Gasteiger partial charge in [-0.15, -0.1) is 0 Å². The highest BCUT2D eigenvalue weighted by molar-refractivity contribution is 9.09. The highest BCUT2D eigenvalue weighted by Gasteiger charge is 2.29. The van der Waals surface area contributed by atoms with Gasteiger partial charge in [0.25, 0.3) is 0 Å². The number of hydrogen-bond donors (Lipinski definition) is 1. The first-order valence-electron chi connectivity index (χ1n) is 3.72. The molecule has 2 nitrogen and oxygen atoms in total. The molecule has 0 radical (unpaired) electrons. The van der Waals surface area contributed by atoms with Crippen molar-refractivity contribution in [2.75, 3.05) is 5.33 Å². The summed E-state index contributed by atoms with van der Waals surface area (Å²) < 4.78 is -1.48. The maximum Gasteiger partial charge on any atom is 0.306 e. The Bertz CT molecular complexity index is 170. The molecule has 0 aromatic carbocycles. The zero-order valence-electron chi connectivity index (χ0n) is 6.77. The van der Waals surface area contributed by atoms with Gasteiger partial charge in [0.05, 0.1) is 5.92 Å². The predicted molar refractivity (Wildman–Crippen MR) is 59.1 cm³/mol. The Labute approximate surface area is 101 Å². The summed E-state index contributed by atoms with van der Waals surface area (Å²) in [5.41, 5.74) is 0. The first-order valence-corrected chi connectivity index (χ1v) is 5.98. The first-order chi connectivity index (χ1) is 5.87. The molecule has 0 fully saturated rings. The summed E-state index contributed by atoms with van der Waals surface area (Å²) in [6.07, 6.45) is 1.34. The molecule has 0 saturated heterocycles. The van der Waals surface area contributed by atoms with Crippen molar-refractivity contribution in [2.24, 2.45) is 5.92 Å². The minimum atomic E-state index is -1.48. The molecular formula is C7H10BrCl3O2. The Morgan fingerprint density at radius 2 is 2.00 bits per heavy atom. The van der Waals surface area contributed by atoms with E-state index < -0.39 is 15.7 Å². The first kappa shape index (κ1) is 13.8. The van der Waals surface area contributed by atoms with Crippen LogP contribution in [-0.4, -0.2) is 20.2 Å². The van der Waals surface area contributed by atoms with Gasteiger partial charge in [-0.25, -0.2) is 0 Å². The normalized spacial score (nSPS) is 14.2. The van der Waals surface area contributed by atoms with E-state index in [0.29, 0.717) is 6.42 Å². The molecule has 0 bridgehead atoms. The lowest BCUT2D eigenvalue weighted by Crippen LogP contribution is -2.20. The van der Waals surface area contributed by atoms with Crippen LogP contribution in [0.2, 0.25) is 0 Å². The molecule has 0 amide bonds. The van der Waals surface area contributed by atoms with E-state index >= 15 is 0 Å². The molecule has 0 saturated carbocycles. The second-order valence-corrected chi connectivity index (χ2v) is 5.99. The van der Waals surface area contributed by atoms with Crippen LogP contribution in [0.15, 0.2) is 0 Å². The molecule has 1 N–H and O–H groups in total. The third kappa shape index (κ3) is 7.86. The number of carboxylic acids is 1. The standard InChI is InChI=1S/C7H10BrCl3O2/c8-3-1-2-5(6(12)13)4-7(9,10)11/h5H,1-4H2,(H,12,13). The molecule has 6 heteroatoms. The van der Waals surface area contributed by atoms with E-state index in [9.17, 15) is 4.79 Å². The van der Waals surface area contributed by atoms with Gasteiger partial charge in [0.1, 0.15) is 0 Å². The van der Waals surface area contributed by atoms with Crippen LogP contribution in [0.5, 0.6) is 0 Å². The van der Waals surface area contributed by atoms with Crippen molar-refractivity contribution >= 4 is 56.7 Å². The molecule has 0 aromatic heterocycles. The van der Waals surface area contributed by atoms with Crippen molar-refractivity contribution in [1.29, 1.82) is 0 Å². The second kappa shape index (κ2) is 6.33. The summed E-state index contributed by atoms with van der Waals surface area (Å²) in [4.78, 5) is 10.7. The number of halogens is 4. The summed E-state index contributed by atoms with van der Waals surface area (Å²) in [6.45, 7) is 0. The Hall–Kier alpha value is 0.820. The molecule has 0 aliphatic carbocycles. The van der Waals surface area contributed by atoms with Crippen LogP contribution in [-0.2, 0) is 4.79 Å². The average molecular weight is 312 g/mol. The van der Waals surface area contributed by atoms with Crippen LogP contribution in [0.1, 0.15) is 19.3 Å². The number of aliphatic carboxylic acids is 1. The van der Waals surface area contributed by atoms with E-state index in [0.717, 1.165) is 11.8 Å². The number of carboxylic acid groups (broad SMARTS) is 1. The van der Waals surface area contributed by atoms with E-state index in [4.69, 9.17) is 39.9 Å². The zero-order valence-corrected chi connectivity index (χ0v) is 10.6. The van der Waals surface area contributed by atoms with Gasteiger partial charge in [0.2, 0.25) is 0 Å².